The highest BCUT2D eigenvalue weighted by atomic mass is 19.4. The number of carbonyl (C=O) groups excluding carboxylic acids is 1. The number of fused-ring (bicyclic) bond motifs is 2. The fourth-order valence-electron chi connectivity index (χ4n) is 5.11. The topological polar surface area (TPSA) is 110 Å². The molecule has 5 aromatic rings. The van der Waals surface area contributed by atoms with Gasteiger partial charge in [0.15, 0.2) is 0 Å². The highest BCUT2D eigenvalue weighted by Gasteiger charge is 2.42. The van der Waals surface area contributed by atoms with Gasteiger partial charge in [-0.05, 0) is 31.0 Å². The number of halogens is 3. The lowest BCUT2D eigenvalue weighted by molar-refractivity contribution is -0.136. The second kappa shape index (κ2) is 8.04. The van der Waals surface area contributed by atoms with Gasteiger partial charge in [0, 0.05) is 44.0 Å². The molecule has 0 aromatic carbocycles. The summed E-state index contributed by atoms with van der Waals surface area (Å²) in [5.74, 6) is 0.160. The van der Waals surface area contributed by atoms with E-state index in [0.29, 0.717) is 35.8 Å². The molecule has 1 atom stereocenters. The summed E-state index contributed by atoms with van der Waals surface area (Å²) in [6.07, 6.45) is 4.10. The molecular formula is C25H21F3N8O2. The van der Waals surface area contributed by atoms with E-state index in [2.05, 4.69) is 25.1 Å². The molecule has 1 N–H and O–H groups in total. The van der Waals surface area contributed by atoms with E-state index in [1.54, 1.807) is 29.0 Å². The van der Waals surface area contributed by atoms with Crippen molar-refractivity contribution in [2.75, 3.05) is 6.54 Å². The zero-order chi connectivity index (χ0) is 26.2. The first-order valence-corrected chi connectivity index (χ1v) is 12.2. The molecule has 0 unspecified atom stereocenters. The summed E-state index contributed by atoms with van der Waals surface area (Å²) < 4.78 is 50.0. The van der Waals surface area contributed by atoms with Crippen molar-refractivity contribution < 1.29 is 22.4 Å². The van der Waals surface area contributed by atoms with Crippen LogP contribution in [0.5, 0.6) is 0 Å². The first-order valence-electron chi connectivity index (χ1n) is 12.2. The minimum atomic E-state index is -4.55. The fourth-order valence-corrected chi connectivity index (χ4v) is 5.11. The van der Waals surface area contributed by atoms with Gasteiger partial charge in [0.05, 0.1) is 46.2 Å². The number of aromatic nitrogens is 7. The Balaban J connectivity index is 1.34. The number of hydrogen-bond acceptors (Lipinski definition) is 6. The molecule has 2 aliphatic rings. The average Bonchev–Trinajstić information content (AvgIpc) is 3.29. The Hall–Kier alpha value is -4.42. The van der Waals surface area contributed by atoms with Gasteiger partial charge in [-0.25, -0.2) is 14.5 Å². The number of hydrogen-bond donors (Lipinski definition) is 1. The van der Waals surface area contributed by atoms with Crippen LogP contribution >= 0.6 is 0 Å². The van der Waals surface area contributed by atoms with Crippen molar-refractivity contribution in [3.8, 4) is 11.5 Å². The highest BCUT2D eigenvalue weighted by Crippen LogP contribution is 2.44. The van der Waals surface area contributed by atoms with Gasteiger partial charge in [-0.3, -0.25) is 9.48 Å². The molecule has 1 saturated carbocycles. The zero-order valence-electron chi connectivity index (χ0n) is 20.1. The van der Waals surface area contributed by atoms with Crippen LogP contribution in [0.2, 0.25) is 0 Å². The molecule has 194 valence electrons. The van der Waals surface area contributed by atoms with Gasteiger partial charge in [-0.1, -0.05) is 0 Å². The summed E-state index contributed by atoms with van der Waals surface area (Å²) in [5.41, 5.74) is 1.98. The third-order valence-corrected chi connectivity index (χ3v) is 7.06. The molecule has 1 aliphatic carbocycles. The smallest absolute Gasteiger partial charge is 0.418 e. The molecule has 0 spiro atoms. The van der Waals surface area contributed by atoms with Crippen molar-refractivity contribution in [2.24, 2.45) is 7.05 Å². The number of rotatable bonds is 4. The van der Waals surface area contributed by atoms with Crippen LogP contribution in [0.4, 0.5) is 13.2 Å². The molecule has 5 aromatic heterocycles. The van der Waals surface area contributed by atoms with Crippen molar-refractivity contribution in [3.63, 3.8) is 0 Å². The molecule has 0 radical (unpaired) electrons. The van der Waals surface area contributed by atoms with Crippen LogP contribution in [0.3, 0.4) is 0 Å². The molecule has 1 fully saturated rings. The maximum Gasteiger partial charge on any atom is 0.418 e. The van der Waals surface area contributed by atoms with Crippen LogP contribution in [-0.4, -0.2) is 51.7 Å². The first kappa shape index (κ1) is 22.8. The normalized spacial score (nSPS) is 17.8. The van der Waals surface area contributed by atoms with Crippen LogP contribution in [0.25, 0.3) is 17.0 Å². The van der Waals surface area contributed by atoms with Gasteiger partial charge in [0.1, 0.15) is 6.04 Å². The Morgan fingerprint density at radius 2 is 2.08 bits per heavy atom. The molecule has 1 amide bonds. The van der Waals surface area contributed by atoms with E-state index in [0.717, 1.165) is 24.6 Å². The quantitative estimate of drug-likeness (QED) is 0.380. The van der Waals surface area contributed by atoms with E-state index < -0.39 is 23.7 Å². The number of imidazole rings is 1. The number of aryl methyl sites for hydroxylation is 1. The van der Waals surface area contributed by atoms with Gasteiger partial charge < -0.3 is 14.3 Å². The van der Waals surface area contributed by atoms with Crippen molar-refractivity contribution in [1.82, 2.24) is 39.2 Å². The molecule has 1 aliphatic heterocycles. The third-order valence-electron chi connectivity index (χ3n) is 7.06. The van der Waals surface area contributed by atoms with E-state index in [1.807, 2.05) is 0 Å². The molecule has 6 heterocycles. The second-order valence-electron chi connectivity index (χ2n) is 9.65. The van der Waals surface area contributed by atoms with Crippen molar-refractivity contribution >= 4 is 11.4 Å². The average molecular weight is 522 g/mol. The zero-order valence-corrected chi connectivity index (χ0v) is 20.1. The summed E-state index contributed by atoms with van der Waals surface area (Å²) >= 11 is 0. The Bertz CT molecular complexity index is 1690. The number of oxazole rings is 1. The maximum atomic E-state index is 14.1. The molecule has 10 nitrogen and oxygen atoms in total. The molecule has 0 saturated heterocycles. The van der Waals surface area contributed by atoms with Crippen LogP contribution in [0.15, 0.2) is 47.5 Å². The van der Waals surface area contributed by atoms with E-state index in [-0.39, 0.29) is 22.9 Å². The minimum Gasteiger partial charge on any atom is -0.430 e. The monoisotopic (exact) mass is 522 g/mol. The third kappa shape index (κ3) is 3.60. The van der Waals surface area contributed by atoms with Crippen molar-refractivity contribution in [3.05, 3.63) is 77.2 Å². The molecule has 7 rings (SSSR count). The Labute approximate surface area is 213 Å². The largest absolute Gasteiger partial charge is 0.430 e. The van der Waals surface area contributed by atoms with Crippen LogP contribution in [0.1, 0.15) is 63.7 Å². The van der Waals surface area contributed by atoms with Gasteiger partial charge >= 0.3 is 6.18 Å². The summed E-state index contributed by atoms with van der Waals surface area (Å²) in [6, 6.07) is 2.88. The van der Waals surface area contributed by atoms with Gasteiger partial charge in [0.25, 0.3) is 5.91 Å². The summed E-state index contributed by atoms with van der Waals surface area (Å²) in [5, 5.41) is 8.61. The van der Waals surface area contributed by atoms with Gasteiger partial charge in [-0.2, -0.15) is 23.4 Å². The number of nitrogens with zero attached hydrogens (tertiary/aromatic N) is 7. The molecule has 38 heavy (non-hydrogen) atoms. The Morgan fingerprint density at radius 1 is 1.24 bits per heavy atom. The summed E-state index contributed by atoms with van der Waals surface area (Å²) in [7, 11) is 1.78. The number of H-pyrrole nitrogens is 1. The SMILES string of the molecule is Cn1cc(-c2nc(C3CC3)c(C(=O)N3CCc4[nH]cnc4[C@@H]3c3cc4c(C(F)(F)F)cccn4n3)o2)cn1. The second-order valence-corrected chi connectivity index (χ2v) is 9.65. The number of carbonyl (C=O) groups is 1. The predicted molar refractivity (Wildman–Crippen MR) is 126 cm³/mol. The minimum absolute atomic E-state index is 0.0951. The number of nitrogens with one attached hydrogen (secondary N) is 1. The maximum absolute atomic E-state index is 14.1. The highest BCUT2D eigenvalue weighted by molar-refractivity contribution is 5.94. The lowest BCUT2D eigenvalue weighted by Crippen LogP contribution is -2.41. The summed E-state index contributed by atoms with van der Waals surface area (Å²) in [4.78, 5) is 27.8. The van der Waals surface area contributed by atoms with Gasteiger partial charge in [-0.15, -0.1) is 0 Å². The lowest BCUT2D eigenvalue weighted by Gasteiger charge is -2.33. The van der Waals surface area contributed by atoms with E-state index in [4.69, 9.17) is 4.42 Å². The number of alkyl halides is 3. The lowest BCUT2D eigenvalue weighted by atomic mass is 9.98. The number of aromatic amines is 1. The van der Waals surface area contributed by atoms with Crippen molar-refractivity contribution in [2.45, 2.75) is 37.4 Å². The van der Waals surface area contributed by atoms with Gasteiger partial charge in [0.2, 0.25) is 11.7 Å². The summed E-state index contributed by atoms with van der Waals surface area (Å²) in [6.45, 7) is 0.297. The first-order chi connectivity index (χ1) is 18.3. The Kier molecular flexibility index (Phi) is 4.81. The molecule has 0 bridgehead atoms. The van der Waals surface area contributed by atoms with E-state index in [9.17, 15) is 18.0 Å². The molecule has 13 heteroatoms. The predicted octanol–water partition coefficient (Wildman–Crippen LogP) is 4.13. The van der Waals surface area contributed by atoms with Crippen molar-refractivity contribution in [1.29, 1.82) is 0 Å². The van der Waals surface area contributed by atoms with E-state index >= 15 is 0 Å². The van der Waals surface area contributed by atoms with Crippen LogP contribution in [0, 0.1) is 0 Å². The fraction of sp³-hybridized carbons (Fsp3) is 0.320. The number of pyridine rings is 1. The van der Waals surface area contributed by atoms with Crippen LogP contribution in [-0.2, 0) is 19.6 Å². The van der Waals surface area contributed by atoms with E-state index in [1.165, 1.54) is 29.2 Å². The number of amides is 1. The standard InChI is InChI=1S/C25H21F3N8O2/c1-34-11-14(10-31-34)23-32-19(13-4-5-13)22(38-23)24(37)35-8-6-16-20(30-12-29-16)21(35)17-9-18-15(25(26,27)28)3-2-7-36(18)33-17/h2-3,7,9-13,21H,4-6,8H2,1H3,(H,29,30)/t21-/m0/s1. The molecular weight excluding hydrogens is 501 g/mol. The Morgan fingerprint density at radius 3 is 2.82 bits per heavy atom. The van der Waals surface area contributed by atoms with Crippen LogP contribution < -0.4 is 0 Å².